The highest BCUT2D eigenvalue weighted by Gasteiger charge is 2.17. The van der Waals surface area contributed by atoms with Crippen molar-refractivity contribution in [3.05, 3.63) is 64.6 Å². The SMILES string of the molecule is CC1CCN(c2ccc(-c3cccc(NC(=O)Nc4cc(Cl)ccc4Cl)c3)nn2)CC1. The molecule has 2 N–H and O–H groups in total. The lowest BCUT2D eigenvalue weighted by Crippen LogP contribution is -2.33. The topological polar surface area (TPSA) is 70.2 Å². The molecule has 0 radical (unpaired) electrons. The number of nitrogens with zero attached hydrogens (tertiary/aromatic N) is 3. The Balaban J connectivity index is 1.43. The highest BCUT2D eigenvalue weighted by atomic mass is 35.5. The number of carbonyl (C=O) groups is 1. The van der Waals surface area contributed by atoms with Crippen molar-refractivity contribution in [1.82, 2.24) is 10.2 Å². The minimum Gasteiger partial charge on any atom is -0.355 e. The van der Waals surface area contributed by atoms with Crippen LogP contribution in [-0.4, -0.2) is 29.3 Å². The maximum Gasteiger partial charge on any atom is 0.323 e. The number of nitrogens with one attached hydrogen (secondary N) is 2. The summed E-state index contributed by atoms with van der Waals surface area (Å²) in [5.74, 6) is 1.67. The average Bonchev–Trinajstić information content (AvgIpc) is 2.77. The van der Waals surface area contributed by atoms with E-state index in [4.69, 9.17) is 23.2 Å². The maximum atomic E-state index is 12.4. The van der Waals surface area contributed by atoms with Gasteiger partial charge in [-0.1, -0.05) is 42.3 Å². The van der Waals surface area contributed by atoms with Gasteiger partial charge in [-0.15, -0.1) is 10.2 Å². The predicted octanol–water partition coefficient (Wildman–Crippen LogP) is 6.33. The summed E-state index contributed by atoms with van der Waals surface area (Å²) in [6.07, 6.45) is 2.36. The lowest BCUT2D eigenvalue weighted by atomic mass is 9.99. The third kappa shape index (κ3) is 5.46. The number of amides is 2. The molecule has 2 amide bonds. The Kier molecular flexibility index (Phi) is 6.59. The van der Waals surface area contributed by atoms with E-state index in [1.807, 2.05) is 30.3 Å². The summed E-state index contributed by atoms with van der Waals surface area (Å²) in [5.41, 5.74) is 2.68. The molecule has 2 aromatic carbocycles. The van der Waals surface area contributed by atoms with Crippen molar-refractivity contribution in [3.63, 3.8) is 0 Å². The zero-order chi connectivity index (χ0) is 21.8. The molecule has 0 aliphatic carbocycles. The average molecular weight is 456 g/mol. The van der Waals surface area contributed by atoms with Crippen LogP contribution >= 0.6 is 23.2 Å². The smallest absolute Gasteiger partial charge is 0.323 e. The zero-order valence-corrected chi connectivity index (χ0v) is 18.6. The van der Waals surface area contributed by atoms with Gasteiger partial charge in [0.1, 0.15) is 0 Å². The van der Waals surface area contributed by atoms with Gasteiger partial charge in [-0.25, -0.2) is 4.79 Å². The van der Waals surface area contributed by atoms with Gasteiger partial charge in [-0.3, -0.25) is 0 Å². The van der Waals surface area contributed by atoms with Crippen LogP contribution in [0.25, 0.3) is 11.3 Å². The number of halogens is 2. The van der Waals surface area contributed by atoms with Crippen molar-refractivity contribution in [3.8, 4) is 11.3 Å². The second-order valence-corrected chi connectivity index (χ2v) is 8.57. The Hall–Kier alpha value is -2.83. The van der Waals surface area contributed by atoms with Crippen LogP contribution in [0.2, 0.25) is 10.0 Å². The van der Waals surface area contributed by atoms with Gasteiger partial charge in [0.05, 0.1) is 16.4 Å². The molecule has 31 heavy (non-hydrogen) atoms. The third-order valence-corrected chi connectivity index (χ3v) is 5.92. The zero-order valence-electron chi connectivity index (χ0n) is 17.1. The number of piperidine rings is 1. The summed E-state index contributed by atoms with van der Waals surface area (Å²) in [7, 11) is 0. The number of carbonyl (C=O) groups excluding carboxylic acids is 1. The van der Waals surface area contributed by atoms with Gasteiger partial charge in [-0.2, -0.15) is 0 Å². The molecule has 0 atom stereocenters. The Bertz CT molecular complexity index is 1070. The van der Waals surface area contributed by atoms with Gasteiger partial charge in [0, 0.05) is 29.4 Å². The number of benzene rings is 2. The molecule has 0 unspecified atom stereocenters. The van der Waals surface area contributed by atoms with Crippen molar-refractivity contribution < 1.29 is 4.79 Å². The number of hydrogen-bond acceptors (Lipinski definition) is 4. The summed E-state index contributed by atoms with van der Waals surface area (Å²) in [5, 5.41) is 15.2. The number of rotatable bonds is 4. The molecule has 3 aromatic rings. The summed E-state index contributed by atoms with van der Waals surface area (Å²) in [4.78, 5) is 14.7. The van der Waals surface area contributed by atoms with Crippen molar-refractivity contribution in [2.24, 2.45) is 5.92 Å². The van der Waals surface area contributed by atoms with E-state index >= 15 is 0 Å². The van der Waals surface area contributed by atoms with Gasteiger partial charge in [0.2, 0.25) is 0 Å². The molecular weight excluding hydrogens is 433 g/mol. The molecule has 1 aliphatic rings. The Labute approximate surface area is 191 Å². The highest BCUT2D eigenvalue weighted by Crippen LogP contribution is 2.27. The monoisotopic (exact) mass is 455 g/mol. The number of aromatic nitrogens is 2. The molecule has 0 bridgehead atoms. The predicted molar refractivity (Wildman–Crippen MR) is 127 cm³/mol. The minimum absolute atomic E-state index is 0.409. The quantitative estimate of drug-likeness (QED) is 0.481. The standard InChI is InChI=1S/C23H23Cl2N5O/c1-15-9-11-30(12-10-15)22-8-7-20(28-29-22)16-3-2-4-18(13-16)26-23(31)27-21-14-17(24)5-6-19(21)25/h2-8,13-15H,9-12H2,1H3,(H2,26,27,31). The van der Waals surface area contributed by atoms with E-state index in [2.05, 4.69) is 32.7 Å². The normalized spacial score (nSPS) is 14.4. The van der Waals surface area contributed by atoms with E-state index < -0.39 is 6.03 Å². The van der Waals surface area contributed by atoms with Crippen LogP contribution in [0.4, 0.5) is 22.0 Å². The number of anilines is 3. The van der Waals surface area contributed by atoms with Gasteiger partial charge in [-0.05, 0) is 61.2 Å². The van der Waals surface area contributed by atoms with E-state index in [-0.39, 0.29) is 0 Å². The van der Waals surface area contributed by atoms with E-state index in [9.17, 15) is 4.79 Å². The Morgan fingerprint density at radius 1 is 1.00 bits per heavy atom. The molecule has 2 heterocycles. The van der Waals surface area contributed by atoms with Crippen LogP contribution in [0.5, 0.6) is 0 Å². The fourth-order valence-electron chi connectivity index (χ4n) is 3.52. The lowest BCUT2D eigenvalue weighted by Gasteiger charge is -2.30. The Morgan fingerprint density at radius 3 is 2.55 bits per heavy atom. The first-order valence-electron chi connectivity index (χ1n) is 10.2. The molecule has 1 fully saturated rings. The molecule has 8 heteroatoms. The first kappa shape index (κ1) is 21.4. The first-order chi connectivity index (χ1) is 15.0. The summed E-state index contributed by atoms with van der Waals surface area (Å²) in [6, 6.07) is 15.9. The molecule has 0 saturated carbocycles. The van der Waals surface area contributed by atoms with E-state index in [0.717, 1.165) is 36.1 Å². The van der Waals surface area contributed by atoms with Crippen molar-refractivity contribution in [2.75, 3.05) is 28.6 Å². The van der Waals surface area contributed by atoms with E-state index in [1.165, 1.54) is 12.8 Å². The van der Waals surface area contributed by atoms with Crippen LogP contribution in [-0.2, 0) is 0 Å². The first-order valence-corrected chi connectivity index (χ1v) is 11.0. The van der Waals surface area contributed by atoms with E-state index in [1.54, 1.807) is 24.3 Å². The van der Waals surface area contributed by atoms with Crippen molar-refractivity contribution in [1.29, 1.82) is 0 Å². The fourth-order valence-corrected chi connectivity index (χ4v) is 3.86. The largest absolute Gasteiger partial charge is 0.355 e. The molecule has 4 rings (SSSR count). The molecule has 6 nitrogen and oxygen atoms in total. The molecule has 1 aromatic heterocycles. The van der Waals surface area contributed by atoms with Crippen LogP contribution < -0.4 is 15.5 Å². The molecule has 160 valence electrons. The van der Waals surface area contributed by atoms with Crippen LogP contribution in [0, 0.1) is 5.92 Å². The van der Waals surface area contributed by atoms with Crippen LogP contribution in [0.15, 0.2) is 54.6 Å². The van der Waals surface area contributed by atoms with Crippen molar-refractivity contribution in [2.45, 2.75) is 19.8 Å². The van der Waals surface area contributed by atoms with Gasteiger partial charge >= 0.3 is 6.03 Å². The van der Waals surface area contributed by atoms with Gasteiger partial charge in [0.25, 0.3) is 0 Å². The number of urea groups is 1. The van der Waals surface area contributed by atoms with Crippen molar-refractivity contribution >= 4 is 46.4 Å². The Morgan fingerprint density at radius 2 is 1.81 bits per heavy atom. The molecule has 1 aliphatic heterocycles. The molecule has 0 spiro atoms. The van der Waals surface area contributed by atoms with Crippen LogP contribution in [0.1, 0.15) is 19.8 Å². The number of hydrogen-bond donors (Lipinski definition) is 2. The molecule has 1 saturated heterocycles. The third-order valence-electron chi connectivity index (χ3n) is 5.35. The van der Waals surface area contributed by atoms with Gasteiger partial charge in [0.15, 0.2) is 5.82 Å². The van der Waals surface area contributed by atoms with Crippen LogP contribution in [0.3, 0.4) is 0 Å². The summed E-state index contributed by atoms with van der Waals surface area (Å²) >= 11 is 12.1. The minimum atomic E-state index is -0.415. The summed E-state index contributed by atoms with van der Waals surface area (Å²) < 4.78 is 0. The fraction of sp³-hybridized carbons (Fsp3) is 0.261. The molecular formula is C23H23Cl2N5O. The summed E-state index contributed by atoms with van der Waals surface area (Å²) in [6.45, 7) is 4.32. The maximum absolute atomic E-state index is 12.4. The second-order valence-electron chi connectivity index (χ2n) is 7.73. The van der Waals surface area contributed by atoms with E-state index in [0.29, 0.717) is 21.4 Å². The highest BCUT2D eigenvalue weighted by molar-refractivity contribution is 6.35. The second kappa shape index (κ2) is 9.54. The lowest BCUT2D eigenvalue weighted by molar-refractivity contribution is 0.262. The van der Waals surface area contributed by atoms with Gasteiger partial charge < -0.3 is 15.5 Å².